The smallest absolute Gasteiger partial charge is 0.260 e. The van der Waals surface area contributed by atoms with Crippen LogP contribution in [0.3, 0.4) is 0 Å². The van der Waals surface area contributed by atoms with Crippen LogP contribution in [0.1, 0.15) is 11.3 Å². The minimum Gasteiger partial charge on any atom is -0.497 e. The summed E-state index contributed by atoms with van der Waals surface area (Å²) >= 11 is 0. The summed E-state index contributed by atoms with van der Waals surface area (Å²) < 4.78 is 12.6. The summed E-state index contributed by atoms with van der Waals surface area (Å²) in [6, 6.07) is 11.4. The Morgan fingerprint density at radius 2 is 1.91 bits per heavy atom. The van der Waals surface area contributed by atoms with E-state index in [9.17, 15) is 4.79 Å². The van der Waals surface area contributed by atoms with E-state index in [1.54, 1.807) is 23.9 Å². The molecule has 0 saturated heterocycles. The SMILES string of the molecule is COc1ccc(OCC(=O)N2CCc3nc4ncc(-c5cnn(C)c5)cc4cc3C2)cc1. The van der Waals surface area contributed by atoms with Crippen molar-refractivity contribution in [2.45, 2.75) is 13.0 Å². The normalized spacial score (nSPS) is 13.1. The van der Waals surface area contributed by atoms with Crippen LogP contribution in [0.15, 0.2) is 55.0 Å². The molecule has 0 atom stereocenters. The van der Waals surface area contributed by atoms with Crippen molar-refractivity contribution < 1.29 is 14.3 Å². The van der Waals surface area contributed by atoms with E-state index >= 15 is 0 Å². The van der Waals surface area contributed by atoms with Crippen molar-refractivity contribution >= 4 is 16.9 Å². The minimum atomic E-state index is -0.0474. The highest BCUT2D eigenvalue weighted by Gasteiger charge is 2.23. The van der Waals surface area contributed by atoms with Gasteiger partial charge < -0.3 is 14.4 Å². The van der Waals surface area contributed by atoms with Crippen molar-refractivity contribution in [1.82, 2.24) is 24.6 Å². The van der Waals surface area contributed by atoms with Gasteiger partial charge >= 0.3 is 0 Å². The first-order valence-corrected chi connectivity index (χ1v) is 10.4. The molecule has 0 fully saturated rings. The average molecular weight is 429 g/mol. The second kappa shape index (κ2) is 8.30. The Morgan fingerprint density at radius 1 is 1.09 bits per heavy atom. The summed E-state index contributed by atoms with van der Waals surface area (Å²) in [7, 11) is 3.50. The Labute approximate surface area is 185 Å². The molecule has 5 rings (SSSR count). The summed E-state index contributed by atoms with van der Waals surface area (Å²) in [5.74, 6) is 1.34. The molecule has 4 heterocycles. The molecule has 0 unspecified atom stereocenters. The van der Waals surface area contributed by atoms with Crippen molar-refractivity contribution in [3.63, 3.8) is 0 Å². The molecule has 0 N–H and O–H groups in total. The zero-order valence-corrected chi connectivity index (χ0v) is 18.0. The highest BCUT2D eigenvalue weighted by molar-refractivity contribution is 5.82. The maximum absolute atomic E-state index is 12.7. The lowest BCUT2D eigenvalue weighted by molar-refractivity contribution is -0.134. The van der Waals surface area contributed by atoms with Crippen molar-refractivity contribution in [2.24, 2.45) is 7.05 Å². The summed E-state index contributed by atoms with van der Waals surface area (Å²) in [5, 5.41) is 5.18. The Morgan fingerprint density at radius 3 is 2.66 bits per heavy atom. The van der Waals surface area contributed by atoms with Gasteiger partial charge in [0.2, 0.25) is 0 Å². The summed E-state index contributed by atoms with van der Waals surface area (Å²) in [6.45, 7) is 1.12. The first-order chi connectivity index (χ1) is 15.6. The van der Waals surface area contributed by atoms with Gasteiger partial charge in [0, 0.05) is 61.2 Å². The molecule has 0 spiro atoms. The molecule has 1 aromatic carbocycles. The predicted octanol–water partition coefficient (Wildman–Crippen LogP) is 3.00. The monoisotopic (exact) mass is 429 g/mol. The third kappa shape index (κ3) is 3.99. The molecule has 162 valence electrons. The third-order valence-electron chi connectivity index (χ3n) is 5.63. The van der Waals surface area contributed by atoms with Crippen molar-refractivity contribution in [3.05, 3.63) is 66.2 Å². The van der Waals surface area contributed by atoms with E-state index in [0.29, 0.717) is 25.3 Å². The van der Waals surface area contributed by atoms with E-state index in [0.717, 1.165) is 39.2 Å². The first-order valence-electron chi connectivity index (χ1n) is 10.4. The molecule has 1 amide bonds. The first kappa shape index (κ1) is 20.0. The second-order valence-corrected chi connectivity index (χ2v) is 7.80. The van der Waals surface area contributed by atoms with Crippen LogP contribution in [-0.4, -0.2) is 50.8 Å². The zero-order valence-electron chi connectivity index (χ0n) is 18.0. The van der Waals surface area contributed by atoms with E-state index in [1.165, 1.54) is 0 Å². The van der Waals surface area contributed by atoms with Gasteiger partial charge in [0.15, 0.2) is 12.3 Å². The van der Waals surface area contributed by atoms with Gasteiger partial charge in [0.05, 0.1) is 13.3 Å². The van der Waals surface area contributed by atoms with E-state index in [-0.39, 0.29) is 12.5 Å². The highest BCUT2D eigenvalue weighted by Crippen LogP contribution is 2.26. The van der Waals surface area contributed by atoms with Crippen LogP contribution in [0.25, 0.3) is 22.2 Å². The van der Waals surface area contributed by atoms with E-state index in [2.05, 4.69) is 22.2 Å². The third-order valence-corrected chi connectivity index (χ3v) is 5.63. The maximum Gasteiger partial charge on any atom is 0.260 e. The number of methoxy groups -OCH3 is 1. The molecule has 32 heavy (non-hydrogen) atoms. The molecule has 8 nitrogen and oxygen atoms in total. The van der Waals surface area contributed by atoms with Gasteiger partial charge in [0.1, 0.15) is 11.5 Å². The Bertz CT molecular complexity index is 1280. The number of hydrogen-bond donors (Lipinski definition) is 0. The number of hydrogen-bond acceptors (Lipinski definition) is 6. The number of carbonyl (C=O) groups is 1. The van der Waals surface area contributed by atoms with E-state index < -0.39 is 0 Å². The minimum absolute atomic E-state index is 0.00458. The number of ether oxygens (including phenoxy) is 2. The van der Waals surface area contributed by atoms with Crippen LogP contribution >= 0.6 is 0 Å². The number of fused-ring (bicyclic) bond motifs is 2. The molecule has 0 radical (unpaired) electrons. The summed E-state index contributed by atoms with van der Waals surface area (Å²) in [5.41, 5.74) is 4.76. The Balaban J connectivity index is 1.31. The quantitative estimate of drug-likeness (QED) is 0.485. The molecular formula is C24H23N5O3. The number of carbonyl (C=O) groups excluding carboxylic acids is 1. The number of benzene rings is 1. The van der Waals surface area contributed by atoms with Crippen LogP contribution in [0.2, 0.25) is 0 Å². The number of aromatic nitrogens is 4. The number of pyridine rings is 2. The van der Waals surface area contributed by atoms with Gasteiger partial charge in [0.25, 0.3) is 5.91 Å². The Kier molecular flexibility index (Phi) is 5.18. The fraction of sp³-hybridized carbons (Fsp3) is 0.250. The largest absolute Gasteiger partial charge is 0.497 e. The fourth-order valence-corrected chi connectivity index (χ4v) is 3.87. The van der Waals surface area contributed by atoms with E-state index in [1.807, 2.05) is 42.7 Å². The van der Waals surface area contributed by atoms with Crippen LogP contribution in [-0.2, 0) is 24.8 Å². The highest BCUT2D eigenvalue weighted by atomic mass is 16.5. The van der Waals surface area contributed by atoms with Crippen molar-refractivity contribution in [2.75, 3.05) is 20.3 Å². The van der Waals surface area contributed by atoms with Crippen molar-refractivity contribution in [3.8, 4) is 22.6 Å². The molecule has 3 aromatic heterocycles. The zero-order chi connectivity index (χ0) is 22.1. The van der Waals surface area contributed by atoms with Gasteiger partial charge in [-0.2, -0.15) is 5.10 Å². The molecule has 0 aliphatic carbocycles. The average Bonchev–Trinajstić information content (AvgIpc) is 3.27. The number of aryl methyl sites for hydroxylation is 1. The second-order valence-electron chi connectivity index (χ2n) is 7.80. The van der Waals surface area contributed by atoms with Crippen LogP contribution in [0, 0.1) is 0 Å². The lowest BCUT2D eigenvalue weighted by atomic mass is 10.0. The molecule has 1 aliphatic rings. The van der Waals surface area contributed by atoms with Crippen LogP contribution < -0.4 is 9.47 Å². The topological polar surface area (TPSA) is 82.4 Å². The Hall–Kier alpha value is -3.94. The van der Waals surface area contributed by atoms with Gasteiger partial charge in [-0.25, -0.2) is 9.97 Å². The maximum atomic E-state index is 12.7. The molecule has 0 bridgehead atoms. The van der Waals surface area contributed by atoms with Crippen LogP contribution in [0.5, 0.6) is 11.5 Å². The van der Waals surface area contributed by atoms with Gasteiger partial charge in [-0.3, -0.25) is 9.48 Å². The lowest BCUT2D eigenvalue weighted by Crippen LogP contribution is -2.39. The molecule has 1 aliphatic heterocycles. The molecule has 4 aromatic rings. The van der Waals surface area contributed by atoms with Crippen molar-refractivity contribution in [1.29, 1.82) is 0 Å². The number of nitrogens with zero attached hydrogens (tertiary/aromatic N) is 5. The standard InChI is InChI=1S/C24H23N5O3/c1-28-13-19(12-26-28)17-9-16-10-18-14-29(8-7-22(18)27-24(16)25-11-17)23(30)15-32-21-5-3-20(31-2)4-6-21/h3-6,9-13H,7-8,14-15H2,1-2H3. The van der Waals surface area contributed by atoms with Gasteiger partial charge in [-0.15, -0.1) is 0 Å². The fourth-order valence-electron chi connectivity index (χ4n) is 3.87. The summed E-state index contributed by atoms with van der Waals surface area (Å²) in [4.78, 5) is 23.9. The van der Waals surface area contributed by atoms with Gasteiger partial charge in [-0.1, -0.05) is 0 Å². The summed E-state index contributed by atoms with van der Waals surface area (Å²) in [6.07, 6.45) is 6.30. The molecule has 8 heteroatoms. The molecular weight excluding hydrogens is 406 g/mol. The van der Waals surface area contributed by atoms with Gasteiger partial charge in [-0.05, 0) is 42.0 Å². The number of amides is 1. The van der Waals surface area contributed by atoms with E-state index in [4.69, 9.17) is 14.5 Å². The number of rotatable bonds is 5. The lowest BCUT2D eigenvalue weighted by Gasteiger charge is -2.28. The predicted molar refractivity (Wildman–Crippen MR) is 119 cm³/mol. The molecule has 0 saturated carbocycles. The van der Waals surface area contributed by atoms with Crippen LogP contribution in [0.4, 0.5) is 0 Å².